The van der Waals surface area contributed by atoms with Gasteiger partial charge in [-0.25, -0.2) is 9.50 Å². The Morgan fingerprint density at radius 2 is 1.88 bits per heavy atom. The number of hydrogen-bond acceptors (Lipinski definition) is 6. The zero-order valence-electron chi connectivity index (χ0n) is 14.9. The molecule has 4 rings (SSSR count). The van der Waals surface area contributed by atoms with Gasteiger partial charge in [0, 0.05) is 29.7 Å². The maximum absolute atomic E-state index is 6.51. The van der Waals surface area contributed by atoms with E-state index in [0.717, 1.165) is 48.5 Å². The molecule has 1 fully saturated rings. The molecule has 0 atom stereocenters. The van der Waals surface area contributed by atoms with Gasteiger partial charge in [0.2, 0.25) is 0 Å². The van der Waals surface area contributed by atoms with Crippen LogP contribution in [0.3, 0.4) is 0 Å². The van der Waals surface area contributed by atoms with Crippen molar-refractivity contribution in [2.45, 2.75) is 37.6 Å². The summed E-state index contributed by atoms with van der Waals surface area (Å²) in [4.78, 5) is 4.37. The molecule has 2 aromatic heterocycles. The minimum Gasteiger partial charge on any atom is -0.497 e. The van der Waals surface area contributed by atoms with Crippen molar-refractivity contribution < 1.29 is 4.74 Å². The molecule has 1 aliphatic carbocycles. The van der Waals surface area contributed by atoms with E-state index in [4.69, 9.17) is 21.3 Å². The summed E-state index contributed by atoms with van der Waals surface area (Å²) in [6.07, 6.45) is 7.57. The molecule has 0 saturated heterocycles. The van der Waals surface area contributed by atoms with Gasteiger partial charge in [-0.15, -0.1) is 5.10 Å². The van der Waals surface area contributed by atoms with Gasteiger partial charge in [0.15, 0.2) is 11.5 Å². The Kier molecular flexibility index (Phi) is 4.38. The van der Waals surface area contributed by atoms with Crippen LogP contribution in [0.2, 0.25) is 0 Å². The van der Waals surface area contributed by atoms with Crippen LogP contribution in [0.25, 0.3) is 5.65 Å². The molecule has 1 aliphatic rings. The van der Waals surface area contributed by atoms with Gasteiger partial charge in [-0.3, -0.25) is 0 Å². The van der Waals surface area contributed by atoms with Gasteiger partial charge in [0.1, 0.15) is 5.75 Å². The van der Waals surface area contributed by atoms with Crippen LogP contribution in [0.5, 0.6) is 5.75 Å². The first kappa shape index (κ1) is 16.7. The number of fused-ring (bicyclic) bond motifs is 1. The second kappa shape index (κ2) is 6.84. The van der Waals surface area contributed by atoms with Crippen LogP contribution in [0.15, 0.2) is 36.7 Å². The number of rotatable bonds is 4. The van der Waals surface area contributed by atoms with Crippen molar-refractivity contribution in [3.05, 3.63) is 42.2 Å². The van der Waals surface area contributed by atoms with Crippen LogP contribution in [0.4, 0.5) is 17.2 Å². The Labute approximate surface area is 152 Å². The Morgan fingerprint density at radius 3 is 2.58 bits per heavy atom. The van der Waals surface area contributed by atoms with Gasteiger partial charge < -0.3 is 21.5 Å². The summed E-state index contributed by atoms with van der Waals surface area (Å²) in [6, 6.07) is 8.06. The molecule has 5 N–H and O–H groups in total. The van der Waals surface area contributed by atoms with Crippen molar-refractivity contribution in [2.75, 3.05) is 18.2 Å². The van der Waals surface area contributed by atoms with Gasteiger partial charge in [-0.2, -0.15) is 0 Å². The quantitative estimate of drug-likeness (QED) is 0.667. The maximum atomic E-state index is 6.51. The topological polar surface area (TPSA) is 103 Å². The highest BCUT2D eigenvalue weighted by atomic mass is 16.5. The van der Waals surface area contributed by atoms with Crippen molar-refractivity contribution in [3.8, 4) is 5.75 Å². The number of imidazole rings is 1. The number of benzene rings is 1. The lowest BCUT2D eigenvalue weighted by molar-refractivity contribution is 0.396. The second-order valence-corrected chi connectivity index (χ2v) is 6.84. The van der Waals surface area contributed by atoms with E-state index in [1.165, 1.54) is 0 Å². The van der Waals surface area contributed by atoms with Crippen LogP contribution in [-0.4, -0.2) is 27.7 Å². The third kappa shape index (κ3) is 3.06. The summed E-state index contributed by atoms with van der Waals surface area (Å²) in [5, 5.41) is 8.16. The Bertz CT molecular complexity index is 896. The number of nitrogens with one attached hydrogen (secondary N) is 1. The van der Waals surface area contributed by atoms with Crippen molar-refractivity contribution in [2.24, 2.45) is 5.73 Å². The zero-order valence-corrected chi connectivity index (χ0v) is 14.9. The lowest BCUT2D eigenvalue weighted by atomic mass is 9.81. The minimum atomic E-state index is 0.286. The summed E-state index contributed by atoms with van der Waals surface area (Å²) in [7, 11) is 1.66. The van der Waals surface area contributed by atoms with Crippen LogP contribution in [-0.2, 0) is 0 Å². The van der Waals surface area contributed by atoms with E-state index in [-0.39, 0.29) is 6.04 Å². The normalized spacial score (nSPS) is 20.2. The molecule has 2 heterocycles. The van der Waals surface area contributed by atoms with Crippen LogP contribution in [0.1, 0.15) is 37.2 Å². The van der Waals surface area contributed by atoms with Gasteiger partial charge >= 0.3 is 0 Å². The Balaban J connectivity index is 1.74. The Hall–Kier alpha value is -2.80. The van der Waals surface area contributed by atoms with Gasteiger partial charge in [-0.05, 0) is 55.9 Å². The molecule has 0 aliphatic heterocycles. The molecule has 3 aromatic rings. The van der Waals surface area contributed by atoms with Crippen LogP contribution < -0.4 is 21.5 Å². The number of nitrogens with two attached hydrogens (primary N) is 2. The highest BCUT2D eigenvalue weighted by Crippen LogP contribution is 2.40. The van der Waals surface area contributed by atoms with E-state index in [2.05, 4.69) is 10.3 Å². The lowest BCUT2D eigenvalue weighted by Crippen LogP contribution is -2.26. The summed E-state index contributed by atoms with van der Waals surface area (Å²) in [5.74, 6) is 1.93. The monoisotopic (exact) mass is 352 g/mol. The molecule has 0 amide bonds. The fourth-order valence-electron chi connectivity index (χ4n) is 3.70. The summed E-state index contributed by atoms with van der Waals surface area (Å²) < 4.78 is 6.95. The largest absolute Gasteiger partial charge is 0.497 e. The predicted octanol–water partition coefficient (Wildman–Crippen LogP) is 3.05. The van der Waals surface area contributed by atoms with Crippen LogP contribution >= 0.6 is 0 Å². The van der Waals surface area contributed by atoms with Crippen molar-refractivity contribution in [3.63, 3.8) is 0 Å². The molecular formula is C19H24N6O. The third-order valence-corrected chi connectivity index (χ3v) is 5.15. The van der Waals surface area contributed by atoms with Gasteiger partial charge in [-0.1, -0.05) is 0 Å². The first-order chi connectivity index (χ1) is 12.7. The van der Waals surface area contributed by atoms with E-state index >= 15 is 0 Å². The predicted molar refractivity (Wildman–Crippen MR) is 103 cm³/mol. The number of aromatic nitrogens is 3. The molecule has 1 saturated carbocycles. The number of hydrogen-bond donors (Lipinski definition) is 3. The number of anilines is 3. The molecular weight excluding hydrogens is 328 g/mol. The third-order valence-electron chi connectivity index (χ3n) is 5.15. The second-order valence-electron chi connectivity index (χ2n) is 6.84. The van der Waals surface area contributed by atoms with E-state index < -0.39 is 0 Å². The Morgan fingerprint density at radius 1 is 1.15 bits per heavy atom. The smallest absolute Gasteiger partial charge is 0.177 e. The number of ether oxygens (including phenoxy) is 1. The van der Waals surface area contributed by atoms with Crippen molar-refractivity contribution >= 4 is 22.8 Å². The van der Waals surface area contributed by atoms with Crippen molar-refractivity contribution in [1.29, 1.82) is 0 Å². The van der Waals surface area contributed by atoms with E-state index in [0.29, 0.717) is 17.3 Å². The van der Waals surface area contributed by atoms with E-state index in [1.807, 2.05) is 30.5 Å². The number of methoxy groups -OCH3 is 1. The van der Waals surface area contributed by atoms with Crippen LogP contribution in [0, 0.1) is 0 Å². The van der Waals surface area contributed by atoms with E-state index in [1.54, 1.807) is 17.8 Å². The SMILES string of the molecule is COc1ccc(Nc2nn3ccnc3c(N)c2[C@H]2CC[C@H](N)CC2)cc1. The molecule has 7 heteroatoms. The zero-order chi connectivity index (χ0) is 18.1. The van der Waals surface area contributed by atoms with E-state index in [9.17, 15) is 0 Å². The molecule has 1 aromatic carbocycles. The summed E-state index contributed by atoms with van der Waals surface area (Å²) in [5.41, 5.74) is 16.0. The molecule has 136 valence electrons. The molecule has 0 unspecified atom stereocenters. The van der Waals surface area contributed by atoms with Gasteiger partial charge in [0.25, 0.3) is 0 Å². The highest BCUT2D eigenvalue weighted by molar-refractivity contribution is 5.76. The standard InChI is InChI=1S/C19H24N6O/c1-26-15-8-6-14(7-9-15)23-18-16(12-2-4-13(20)5-3-12)17(21)19-22-10-11-25(19)24-18/h6-13H,2-5,20-21H2,1H3,(H,23,24)/t12-,13-. The molecule has 0 radical (unpaired) electrons. The lowest BCUT2D eigenvalue weighted by Gasteiger charge is -2.28. The maximum Gasteiger partial charge on any atom is 0.177 e. The first-order valence-corrected chi connectivity index (χ1v) is 8.95. The minimum absolute atomic E-state index is 0.286. The first-order valence-electron chi connectivity index (χ1n) is 8.95. The van der Waals surface area contributed by atoms with Gasteiger partial charge in [0.05, 0.1) is 12.8 Å². The van der Waals surface area contributed by atoms with Crippen molar-refractivity contribution in [1.82, 2.24) is 14.6 Å². The fourth-order valence-corrected chi connectivity index (χ4v) is 3.70. The molecule has 7 nitrogen and oxygen atoms in total. The summed E-state index contributed by atoms with van der Waals surface area (Å²) >= 11 is 0. The summed E-state index contributed by atoms with van der Waals surface area (Å²) in [6.45, 7) is 0. The molecule has 26 heavy (non-hydrogen) atoms. The average Bonchev–Trinajstić information content (AvgIpc) is 3.13. The number of nitrogen functional groups attached to an aromatic ring is 1. The average molecular weight is 352 g/mol. The number of nitrogens with zero attached hydrogens (tertiary/aromatic N) is 3. The molecule has 0 bridgehead atoms. The highest BCUT2D eigenvalue weighted by Gasteiger charge is 2.26. The molecule has 0 spiro atoms. The fraction of sp³-hybridized carbons (Fsp3) is 0.368.